The zero-order valence-electron chi connectivity index (χ0n) is 16.1. The van der Waals surface area contributed by atoms with Gasteiger partial charge in [-0.25, -0.2) is 9.48 Å². The summed E-state index contributed by atoms with van der Waals surface area (Å²) in [5.41, 5.74) is 2.04. The van der Waals surface area contributed by atoms with Crippen molar-refractivity contribution in [3.05, 3.63) is 59.4 Å². The molecular formula is C20H24N6O2. The van der Waals surface area contributed by atoms with E-state index in [-0.39, 0.29) is 18.6 Å². The molecule has 146 valence electrons. The first-order valence-electron chi connectivity index (χ1n) is 9.54. The van der Waals surface area contributed by atoms with Gasteiger partial charge in [-0.15, -0.1) is 0 Å². The molecule has 8 heteroatoms. The van der Waals surface area contributed by atoms with E-state index in [1.165, 1.54) is 12.8 Å². The molecule has 3 aromatic rings. The van der Waals surface area contributed by atoms with E-state index in [1.807, 2.05) is 41.9 Å². The molecule has 0 unspecified atom stereocenters. The first-order valence-corrected chi connectivity index (χ1v) is 9.54. The van der Waals surface area contributed by atoms with Gasteiger partial charge in [0, 0.05) is 12.0 Å². The second kappa shape index (κ2) is 7.84. The van der Waals surface area contributed by atoms with Crippen LogP contribution in [-0.2, 0) is 13.0 Å². The Bertz CT molecular complexity index is 945. The van der Waals surface area contributed by atoms with Crippen molar-refractivity contribution < 1.29 is 9.32 Å². The summed E-state index contributed by atoms with van der Waals surface area (Å²) in [6.07, 6.45) is 4.80. The van der Waals surface area contributed by atoms with Gasteiger partial charge in [0.2, 0.25) is 5.89 Å². The smallest absolute Gasteiger partial charge is 0.320 e. The molecule has 0 bridgehead atoms. The predicted molar refractivity (Wildman–Crippen MR) is 104 cm³/mol. The average Bonchev–Trinajstić information content (AvgIpc) is 3.36. The first-order chi connectivity index (χ1) is 13.6. The minimum absolute atomic E-state index is 0.166. The molecule has 1 saturated carbocycles. The molecule has 1 atom stereocenters. The number of carbonyl (C=O) groups is 1. The van der Waals surface area contributed by atoms with E-state index < -0.39 is 0 Å². The van der Waals surface area contributed by atoms with Crippen molar-refractivity contribution in [1.82, 2.24) is 25.2 Å². The van der Waals surface area contributed by atoms with Crippen LogP contribution in [0.5, 0.6) is 0 Å². The summed E-state index contributed by atoms with van der Waals surface area (Å²) in [7, 11) is 0. The normalized spacial score (nSPS) is 14.6. The van der Waals surface area contributed by atoms with E-state index in [2.05, 4.69) is 32.8 Å². The van der Waals surface area contributed by atoms with Gasteiger partial charge in [0.25, 0.3) is 0 Å². The Balaban J connectivity index is 1.32. The quantitative estimate of drug-likeness (QED) is 0.654. The third kappa shape index (κ3) is 4.21. The van der Waals surface area contributed by atoms with Crippen LogP contribution >= 0.6 is 0 Å². The van der Waals surface area contributed by atoms with Gasteiger partial charge in [0.05, 0.1) is 18.8 Å². The number of nitrogens with zero attached hydrogens (tertiary/aromatic N) is 4. The van der Waals surface area contributed by atoms with Crippen molar-refractivity contribution in [2.75, 3.05) is 5.32 Å². The van der Waals surface area contributed by atoms with E-state index in [9.17, 15) is 4.79 Å². The lowest BCUT2D eigenvalue weighted by Crippen LogP contribution is -2.30. The molecule has 2 heterocycles. The minimum atomic E-state index is -0.323. The highest BCUT2D eigenvalue weighted by Crippen LogP contribution is 2.40. The van der Waals surface area contributed by atoms with Gasteiger partial charge < -0.3 is 9.84 Å². The molecule has 2 aromatic heterocycles. The van der Waals surface area contributed by atoms with Gasteiger partial charge in [-0.2, -0.15) is 10.1 Å². The van der Waals surface area contributed by atoms with E-state index in [4.69, 9.17) is 4.52 Å². The Morgan fingerprint density at radius 2 is 2.11 bits per heavy atom. The fourth-order valence-corrected chi connectivity index (χ4v) is 3.21. The highest BCUT2D eigenvalue weighted by Gasteiger charge is 2.31. The molecule has 1 aliphatic rings. The van der Waals surface area contributed by atoms with Crippen LogP contribution in [0.1, 0.15) is 48.6 Å². The lowest BCUT2D eigenvalue weighted by Gasteiger charge is -2.16. The maximum absolute atomic E-state index is 12.3. The van der Waals surface area contributed by atoms with Crippen LogP contribution in [0.25, 0.3) is 0 Å². The van der Waals surface area contributed by atoms with Crippen LogP contribution in [0.4, 0.5) is 10.6 Å². The van der Waals surface area contributed by atoms with Crippen LogP contribution in [0.2, 0.25) is 0 Å². The fraction of sp³-hybridized carbons (Fsp3) is 0.400. The van der Waals surface area contributed by atoms with Crippen molar-refractivity contribution >= 4 is 11.8 Å². The summed E-state index contributed by atoms with van der Waals surface area (Å²) in [6, 6.07) is 9.88. The van der Waals surface area contributed by atoms with Crippen LogP contribution in [0.3, 0.4) is 0 Å². The van der Waals surface area contributed by atoms with Gasteiger partial charge >= 0.3 is 6.03 Å². The lowest BCUT2D eigenvalue weighted by molar-refractivity contribution is 0.249. The molecule has 1 fully saturated rings. The Morgan fingerprint density at radius 1 is 1.32 bits per heavy atom. The standard InChI is InChI=1S/C20H24N6O2/c1-13-11-22-26(14(2)16-8-9-16)19(13)24-20(27)21-12-18-23-17(25-28-18)10-15-6-4-3-5-7-15/h3-7,11,14,16H,8-10,12H2,1-2H3,(H2,21,24,27)/t14-/m0/s1. The second-order valence-electron chi connectivity index (χ2n) is 7.27. The average molecular weight is 380 g/mol. The fourth-order valence-electron chi connectivity index (χ4n) is 3.21. The van der Waals surface area contributed by atoms with E-state index in [0.29, 0.717) is 24.1 Å². The predicted octanol–water partition coefficient (Wildman–Crippen LogP) is 3.46. The Labute approximate surface area is 163 Å². The Morgan fingerprint density at radius 3 is 2.86 bits per heavy atom. The monoisotopic (exact) mass is 380 g/mol. The van der Waals surface area contributed by atoms with Crippen LogP contribution < -0.4 is 10.6 Å². The van der Waals surface area contributed by atoms with Crippen LogP contribution in [0.15, 0.2) is 41.1 Å². The number of rotatable bonds is 7. The lowest BCUT2D eigenvalue weighted by atomic mass is 10.1. The Kier molecular flexibility index (Phi) is 5.10. The number of hydrogen-bond acceptors (Lipinski definition) is 5. The number of amides is 2. The zero-order valence-corrected chi connectivity index (χ0v) is 16.1. The molecule has 0 radical (unpaired) electrons. The third-order valence-corrected chi connectivity index (χ3v) is 5.02. The van der Waals surface area contributed by atoms with E-state index in [1.54, 1.807) is 6.20 Å². The van der Waals surface area contributed by atoms with Crippen molar-refractivity contribution in [2.24, 2.45) is 5.92 Å². The molecular weight excluding hydrogens is 356 g/mol. The maximum atomic E-state index is 12.3. The van der Waals surface area contributed by atoms with Crippen LogP contribution in [0, 0.1) is 12.8 Å². The van der Waals surface area contributed by atoms with Crippen molar-refractivity contribution in [2.45, 2.75) is 45.7 Å². The maximum Gasteiger partial charge on any atom is 0.320 e. The van der Waals surface area contributed by atoms with Gasteiger partial charge in [0.1, 0.15) is 5.82 Å². The number of aryl methyl sites for hydroxylation is 1. The van der Waals surface area contributed by atoms with Crippen molar-refractivity contribution in [1.29, 1.82) is 0 Å². The molecule has 0 saturated heterocycles. The van der Waals surface area contributed by atoms with Gasteiger partial charge in [-0.3, -0.25) is 5.32 Å². The third-order valence-electron chi connectivity index (χ3n) is 5.02. The number of nitrogens with one attached hydrogen (secondary N) is 2. The first kappa shape index (κ1) is 18.2. The molecule has 4 rings (SSSR count). The summed E-state index contributed by atoms with van der Waals surface area (Å²) in [5, 5.41) is 14.1. The summed E-state index contributed by atoms with van der Waals surface area (Å²) < 4.78 is 7.13. The topological polar surface area (TPSA) is 97.9 Å². The van der Waals surface area contributed by atoms with Crippen molar-refractivity contribution in [3.63, 3.8) is 0 Å². The summed E-state index contributed by atoms with van der Waals surface area (Å²) >= 11 is 0. The van der Waals surface area contributed by atoms with Gasteiger partial charge in [-0.05, 0) is 38.2 Å². The van der Waals surface area contributed by atoms with Crippen molar-refractivity contribution in [3.8, 4) is 0 Å². The van der Waals surface area contributed by atoms with Crippen LogP contribution in [-0.4, -0.2) is 26.0 Å². The zero-order chi connectivity index (χ0) is 19.5. The number of aromatic nitrogens is 4. The Hall–Kier alpha value is -3.16. The highest BCUT2D eigenvalue weighted by molar-refractivity contribution is 5.88. The molecule has 0 spiro atoms. The van der Waals surface area contributed by atoms with E-state index in [0.717, 1.165) is 16.9 Å². The molecule has 1 aromatic carbocycles. The second-order valence-corrected chi connectivity index (χ2v) is 7.27. The molecule has 2 N–H and O–H groups in total. The van der Waals surface area contributed by atoms with Gasteiger partial charge in [-0.1, -0.05) is 35.5 Å². The number of urea groups is 1. The van der Waals surface area contributed by atoms with Gasteiger partial charge in [0.15, 0.2) is 5.82 Å². The molecule has 2 amide bonds. The molecule has 8 nitrogen and oxygen atoms in total. The number of hydrogen-bond donors (Lipinski definition) is 2. The van der Waals surface area contributed by atoms with E-state index >= 15 is 0 Å². The molecule has 1 aliphatic carbocycles. The largest absolute Gasteiger partial charge is 0.337 e. The summed E-state index contributed by atoms with van der Waals surface area (Å²) in [5.74, 6) is 2.34. The number of carbonyl (C=O) groups excluding carboxylic acids is 1. The number of benzene rings is 1. The number of anilines is 1. The minimum Gasteiger partial charge on any atom is -0.337 e. The highest BCUT2D eigenvalue weighted by atomic mass is 16.5. The molecule has 0 aliphatic heterocycles. The molecule has 28 heavy (non-hydrogen) atoms. The summed E-state index contributed by atoms with van der Waals surface area (Å²) in [6.45, 7) is 4.24. The summed E-state index contributed by atoms with van der Waals surface area (Å²) in [4.78, 5) is 16.7. The SMILES string of the molecule is Cc1cnn([C@@H](C)C2CC2)c1NC(=O)NCc1nc(Cc2ccccc2)no1.